The monoisotopic (exact) mass is 411 g/mol. The molecule has 2 aliphatic rings. The maximum absolute atomic E-state index is 13.0. The maximum atomic E-state index is 13.0. The Labute approximate surface area is 172 Å². The molecule has 1 N–H and O–H groups in total. The Morgan fingerprint density at radius 2 is 2.00 bits per heavy atom. The van der Waals surface area contributed by atoms with Crippen LogP contribution in [0.4, 0.5) is 10.3 Å². The molecule has 5 rings (SSSR count). The SMILES string of the molecule is Fc1cnc(N2CCC(Oc3nc4ccc(C5=CCNCC5)cc4s3)CC2)nc1. The molecule has 0 bridgehead atoms. The van der Waals surface area contributed by atoms with E-state index in [4.69, 9.17) is 4.74 Å². The van der Waals surface area contributed by atoms with Gasteiger partial charge < -0.3 is 15.0 Å². The highest BCUT2D eigenvalue weighted by molar-refractivity contribution is 7.20. The first kappa shape index (κ1) is 18.4. The average molecular weight is 412 g/mol. The normalized spacial score (nSPS) is 18.1. The van der Waals surface area contributed by atoms with E-state index >= 15 is 0 Å². The van der Waals surface area contributed by atoms with E-state index in [9.17, 15) is 4.39 Å². The van der Waals surface area contributed by atoms with Crippen LogP contribution in [0.25, 0.3) is 15.8 Å². The minimum Gasteiger partial charge on any atom is -0.467 e. The lowest BCUT2D eigenvalue weighted by Crippen LogP contribution is -2.39. The van der Waals surface area contributed by atoms with Gasteiger partial charge in [0.25, 0.3) is 5.19 Å². The van der Waals surface area contributed by atoms with Crippen LogP contribution in [0.3, 0.4) is 0 Å². The molecular weight excluding hydrogens is 389 g/mol. The van der Waals surface area contributed by atoms with Gasteiger partial charge in [-0.25, -0.2) is 19.3 Å². The zero-order valence-electron chi connectivity index (χ0n) is 16.0. The number of piperidine rings is 1. The van der Waals surface area contributed by atoms with Crippen molar-refractivity contribution in [2.24, 2.45) is 0 Å². The molecule has 29 heavy (non-hydrogen) atoms. The molecule has 2 aliphatic heterocycles. The highest BCUT2D eigenvalue weighted by atomic mass is 32.1. The Hall–Kier alpha value is -2.58. The third-order valence-electron chi connectivity index (χ3n) is 5.40. The van der Waals surface area contributed by atoms with Crippen molar-refractivity contribution in [1.29, 1.82) is 0 Å². The summed E-state index contributed by atoms with van der Waals surface area (Å²) in [6.07, 6.45) is 7.59. The standard InChI is InChI=1S/C21H22FN5OS/c22-16-12-24-20(25-13-16)27-9-5-17(6-10-27)28-21-26-18-2-1-15(11-19(18)29-21)14-3-7-23-8-4-14/h1-3,11-13,17,23H,4-10H2. The molecule has 150 valence electrons. The van der Waals surface area contributed by atoms with Crippen LogP contribution in [0.15, 0.2) is 36.7 Å². The number of anilines is 1. The third kappa shape index (κ3) is 4.09. The van der Waals surface area contributed by atoms with Crippen molar-refractivity contribution in [2.75, 3.05) is 31.1 Å². The molecule has 1 saturated heterocycles. The summed E-state index contributed by atoms with van der Waals surface area (Å²) >= 11 is 1.61. The predicted octanol–water partition coefficient (Wildman–Crippen LogP) is 3.65. The summed E-state index contributed by atoms with van der Waals surface area (Å²) in [4.78, 5) is 14.9. The minimum absolute atomic E-state index is 0.124. The summed E-state index contributed by atoms with van der Waals surface area (Å²) in [6.45, 7) is 3.54. The summed E-state index contributed by atoms with van der Waals surface area (Å²) in [5.74, 6) is 0.159. The summed E-state index contributed by atoms with van der Waals surface area (Å²) in [6, 6.07) is 6.47. The Bertz CT molecular complexity index is 1030. The second kappa shape index (κ2) is 8.04. The van der Waals surface area contributed by atoms with Crippen LogP contribution < -0.4 is 15.0 Å². The number of nitrogens with one attached hydrogen (secondary N) is 1. The number of aromatic nitrogens is 3. The Morgan fingerprint density at radius 1 is 1.17 bits per heavy atom. The van der Waals surface area contributed by atoms with E-state index in [-0.39, 0.29) is 6.10 Å². The van der Waals surface area contributed by atoms with Crippen molar-refractivity contribution in [3.8, 4) is 5.19 Å². The quantitative estimate of drug-likeness (QED) is 0.707. The maximum Gasteiger partial charge on any atom is 0.274 e. The third-order valence-corrected chi connectivity index (χ3v) is 6.31. The predicted molar refractivity (Wildman–Crippen MR) is 113 cm³/mol. The highest BCUT2D eigenvalue weighted by Crippen LogP contribution is 2.33. The molecule has 0 aliphatic carbocycles. The van der Waals surface area contributed by atoms with Crippen LogP contribution in [0.5, 0.6) is 5.19 Å². The van der Waals surface area contributed by atoms with Gasteiger partial charge in [-0.2, -0.15) is 0 Å². The number of thiazole rings is 1. The smallest absolute Gasteiger partial charge is 0.274 e. The molecule has 1 aromatic carbocycles. The zero-order valence-corrected chi connectivity index (χ0v) is 16.8. The van der Waals surface area contributed by atoms with Crippen molar-refractivity contribution in [3.63, 3.8) is 0 Å². The number of hydrogen-bond acceptors (Lipinski definition) is 7. The van der Waals surface area contributed by atoms with E-state index in [1.165, 1.54) is 23.5 Å². The second-order valence-electron chi connectivity index (χ2n) is 7.35. The number of ether oxygens (including phenoxy) is 1. The molecule has 3 aromatic rings. The first-order valence-corrected chi connectivity index (χ1v) is 10.8. The van der Waals surface area contributed by atoms with Crippen LogP contribution in [-0.2, 0) is 0 Å². The molecule has 8 heteroatoms. The highest BCUT2D eigenvalue weighted by Gasteiger charge is 2.23. The van der Waals surface area contributed by atoms with Crippen molar-refractivity contribution in [2.45, 2.75) is 25.4 Å². The van der Waals surface area contributed by atoms with Gasteiger partial charge in [0.1, 0.15) is 6.10 Å². The Morgan fingerprint density at radius 3 is 2.76 bits per heavy atom. The first-order valence-electron chi connectivity index (χ1n) is 9.94. The van der Waals surface area contributed by atoms with E-state index in [1.54, 1.807) is 11.3 Å². The van der Waals surface area contributed by atoms with Gasteiger partial charge in [-0.1, -0.05) is 23.5 Å². The van der Waals surface area contributed by atoms with Crippen LogP contribution in [0.1, 0.15) is 24.8 Å². The van der Waals surface area contributed by atoms with Gasteiger partial charge in [-0.05, 0) is 36.2 Å². The molecule has 4 heterocycles. The largest absolute Gasteiger partial charge is 0.467 e. The van der Waals surface area contributed by atoms with E-state index in [0.29, 0.717) is 5.95 Å². The van der Waals surface area contributed by atoms with Gasteiger partial charge in [0.15, 0.2) is 5.82 Å². The van der Waals surface area contributed by atoms with Gasteiger partial charge in [0.2, 0.25) is 5.95 Å². The fraction of sp³-hybridized carbons (Fsp3) is 0.381. The van der Waals surface area contributed by atoms with E-state index in [1.807, 2.05) is 0 Å². The van der Waals surface area contributed by atoms with E-state index in [2.05, 4.69) is 49.4 Å². The molecule has 0 amide bonds. The topological polar surface area (TPSA) is 63.2 Å². The fourth-order valence-electron chi connectivity index (χ4n) is 3.82. The molecule has 0 spiro atoms. The molecule has 0 unspecified atom stereocenters. The number of benzene rings is 1. The zero-order chi connectivity index (χ0) is 19.6. The van der Waals surface area contributed by atoms with Gasteiger partial charge in [0, 0.05) is 32.5 Å². The van der Waals surface area contributed by atoms with Crippen molar-refractivity contribution >= 4 is 33.1 Å². The Kier molecular flexibility index (Phi) is 5.12. The van der Waals surface area contributed by atoms with E-state index < -0.39 is 5.82 Å². The van der Waals surface area contributed by atoms with Gasteiger partial charge in [-0.3, -0.25) is 0 Å². The molecule has 2 aromatic heterocycles. The molecule has 6 nitrogen and oxygen atoms in total. The molecular formula is C21H22FN5OS. The van der Waals surface area contributed by atoms with Gasteiger partial charge in [0.05, 0.1) is 22.6 Å². The fourth-order valence-corrected chi connectivity index (χ4v) is 4.74. The average Bonchev–Trinajstić information content (AvgIpc) is 3.17. The molecule has 0 saturated carbocycles. The van der Waals surface area contributed by atoms with E-state index in [0.717, 1.165) is 60.9 Å². The summed E-state index contributed by atoms with van der Waals surface area (Å²) in [5.41, 5.74) is 3.67. The van der Waals surface area contributed by atoms with Gasteiger partial charge in [-0.15, -0.1) is 0 Å². The summed E-state index contributed by atoms with van der Waals surface area (Å²) < 4.78 is 20.3. The molecule has 1 fully saturated rings. The van der Waals surface area contributed by atoms with Crippen molar-refractivity contribution in [3.05, 3.63) is 48.0 Å². The first-order chi connectivity index (χ1) is 14.2. The minimum atomic E-state index is -0.414. The summed E-state index contributed by atoms with van der Waals surface area (Å²) in [5, 5.41) is 4.08. The number of nitrogens with zero attached hydrogens (tertiary/aromatic N) is 4. The molecule has 0 radical (unpaired) electrons. The van der Waals surface area contributed by atoms with Crippen molar-refractivity contribution in [1.82, 2.24) is 20.3 Å². The second-order valence-corrected chi connectivity index (χ2v) is 8.34. The summed E-state index contributed by atoms with van der Waals surface area (Å²) in [7, 11) is 0. The molecule has 0 atom stereocenters. The number of rotatable bonds is 4. The lowest BCUT2D eigenvalue weighted by Gasteiger charge is -2.31. The lowest BCUT2D eigenvalue weighted by atomic mass is 10.0. The van der Waals surface area contributed by atoms with Crippen LogP contribution in [0.2, 0.25) is 0 Å². The van der Waals surface area contributed by atoms with Crippen LogP contribution >= 0.6 is 11.3 Å². The number of hydrogen-bond donors (Lipinski definition) is 1. The Balaban J connectivity index is 1.24. The number of halogens is 1. The number of fused-ring (bicyclic) bond motifs is 1. The van der Waals surface area contributed by atoms with Crippen LogP contribution in [-0.4, -0.2) is 47.2 Å². The van der Waals surface area contributed by atoms with Crippen molar-refractivity contribution < 1.29 is 9.13 Å². The van der Waals surface area contributed by atoms with Gasteiger partial charge >= 0.3 is 0 Å². The van der Waals surface area contributed by atoms with Crippen LogP contribution in [0, 0.1) is 5.82 Å². The lowest BCUT2D eigenvalue weighted by molar-refractivity contribution is 0.170.